The molecule has 1 saturated heterocycles. The number of rotatable bonds is 2. The standard InChI is InChI=1S/C15H13NO4/c17-14(18)12-8-10-4-1-2-5-11(10)9-13(12)16-6-3-7-20-15(16)19/h1-2,4-5,8-9H,3,6-7H2,(H,17,18). The Hall–Kier alpha value is -2.56. The predicted octanol–water partition coefficient (Wildman–Crippen LogP) is 2.88. The van der Waals surface area contributed by atoms with E-state index in [-0.39, 0.29) is 5.56 Å². The number of anilines is 1. The molecule has 0 bridgehead atoms. The molecule has 0 atom stereocenters. The van der Waals surface area contributed by atoms with Crippen LogP contribution in [0.1, 0.15) is 16.8 Å². The summed E-state index contributed by atoms with van der Waals surface area (Å²) in [7, 11) is 0. The Labute approximate surface area is 115 Å². The van der Waals surface area contributed by atoms with Crippen molar-refractivity contribution in [2.75, 3.05) is 18.1 Å². The first-order valence-electron chi connectivity index (χ1n) is 6.37. The summed E-state index contributed by atoms with van der Waals surface area (Å²) in [5.41, 5.74) is 0.503. The fraction of sp³-hybridized carbons (Fsp3) is 0.200. The zero-order valence-corrected chi connectivity index (χ0v) is 10.7. The minimum Gasteiger partial charge on any atom is -0.478 e. The normalized spacial score (nSPS) is 15.2. The minimum absolute atomic E-state index is 0.113. The van der Waals surface area contributed by atoms with Crippen LogP contribution in [-0.4, -0.2) is 30.3 Å². The Morgan fingerprint density at radius 3 is 2.55 bits per heavy atom. The van der Waals surface area contributed by atoms with Gasteiger partial charge in [0.2, 0.25) is 0 Å². The second-order valence-corrected chi connectivity index (χ2v) is 4.64. The number of cyclic esters (lactones) is 1. The van der Waals surface area contributed by atoms with Gasteiger partial charge in [0.15, 0.2) is 0 Å². The van der Waals surface area contributed by atoms with Crippen molar-refractivity contribution in [2.24, 2.45) is 0 Å². The number of carbonyl (C=O) groups is 2. The molecule has 5 heteroatoms. The van der Waals surface area contributed by atoms with E-state index in [1.165, 1.54) is 4.90 Å². The Bertz CT molecular complexity index is 695. The maximum atomic E-state index is 11.8. The summed E-state index contributed by atoms with van der Waals surface area (Å²) >= 11 is 0. The molecule has 0 radical (unpaired) electrons. The van der Waals surface area contributed by atoms with Crippen molar-refractivity contribution in [1.82, 2.24) is 0 Å². The minimum atomic E-state index is -1.05. The van der Waals surface area contributed by atoms with Crippen molar-refractivity contribution in [2.45, 2.75) is 6.42 Å². The molecule has 1 aliphatic rings. The number of carbonyl (C=O) groups excluding carboxylic acids is 1. The fourth-order valence-electron chi connectivity index (χ4n) is 2.39. The number of aromatic carboxylic acids is 1. The molecule has 5 nitrogen and oxygen atoms in total. The Morgan fingerprint density at radius 1 is 1.20 bits per heavy atom. The van der Waals surface area contributed by atoms with E-state index in [1.807, 2.05) is 24.3 Å². The summed E-state index contributed by atoms with van der Waals surface area (Å²) in [6, 6.07) is 10.8. The number of nitrogens with zero attached hydrogens (tertiary/aromatic N) is 1. The molecule has 1 fully saturated rings. The molecule has 1 heterocycles. The molecule has 2 aromatic rings. The molecule has 1 N–H and O–H groups in total. The molecule has 1 amide bonds. The second kappa shape index (κ2) is 4.85. The number of fused-ring (bicyclic) bond motifs is 1. The molecule has 20 heavy (non-hydrogen) atoms. The van der Waals surface area contributed by atoms with Crippen LogP contribution in [0.4, 0.5) is 10.5 Å². The zero-order chi connectivity index (χ0) is 14.1. The molecule has 0 unspecified atom stereocenters. The molecule has 2 aromatic carbocycles. The van der Waals surface area contributed by atoms with E-state index < -0.39 is 12.1 Å². The monoisotopic (exact) mass is 271 g/mol. The summed E-state index contributed by atoms with van der Waals surface area (Å²) in [6.45, 7) is 0.850. The molecular formula is C15H13NO4. The van der Waals surface area contributed by atoms with Gasteiger partial charge in [0.1, 0.15) is 0 Å². The number of amides is 1. The van der Waals surface area contributed by atoms with E-state index >= 15 is 0 Å². The van der Waals surface area contributed by atoms with Gasteiger partial charge in [0.25, 0.3) is 0 Å². The van der Waals surface area contributed by atoms with Crippen LogP contribution in [0.5, 0.6) is 0 Å². The highest BCUT2D eigenvalue weighted by molar-refractivity contribution is 6.05. The number of carboxylic acids is 1. The van der Waals surface area contributed by atoms with Gasteiger partial charge in [-0.2, -0.15) is 0 Å². The molecule has 0 saturated carbocycles. The van der Waals surface area contributed by atoms with Crippen LogP contribution < -0.4 is 4.90 Å². The lowest BCUT2D eigenvalue weighted by Crippen LogP contribution is -2.38. The lowest BCUT2D eigenvalue weighted by molar-refractivity contribution is 0.0697. The zero-order valence-electron chi connectivity index (χ0n) is 10.7. The van der Waals surface area contributed by atoms with E-state index in [2.05, 4.69) is 0 Å². The Morgan fingerprint density at radius 2 is 1.90 bits per heavy atom. The molecule has 0 aromatic heterocycles. The van der Waals surface area contributed by atoms with Gasteiger partial charge in [-0.15, -0.1) is 0 Å². The topological polar surface area (TPSA) is 66.8 Å². The molecular weight excluding hydrogens is 258 g/mol. The molecule has 0 aliphatic carbocycles. The van der Waals surface area contributed by atoms with Crippen LogP contribution in [0, 0.1) is 0 Å². The van der Waals surface area contributed by atoms with E-state index in [0.717, 1.165) is 10.8 Å². The average Bonchev–Trinajstić information content (AvgIpc) is 2.46. The number of benzene rings is 2. The lowest BCUT2D eigenvalue weighted by atomic mass is 10.0. The van der Waals surface area contributed by atoms with Crippen molar-refractivity contribution in [1.29, 1.82) is 0 Å². The van der Waals surface area contributed by atoms with Crippen LogP contribution >= 0.6 is 0 Å². The van der Waals surface area contributed by atoms with Gasteiger partial charge >= 0.3 is 12.1 Å². The van der Waals surface area contributed by atoms with Gasteiger partial charge in [0, 0.05) is 6.54 Å². The first-order valence-corrected chi connectivity index (χ1v) is 6.37. The van der Waals surface area contributed by atoms with Crippen LogP contribution in [0.25, 0.3) is 10.8 Å². The third-order valence-electron chi connectivity index (χ3n) is 3.36. The summed E-state index contributed by atoms with van der Waals surface area (Å²) in [4.78, 5) is 24.6. The van der Waals surface area contributed by atoms with Crippen LogP contribution in [0.2, 0.25) is 0 Å². The van der Waals surface area contributed by atoms with E-state index in [1.54, 1.807) is 12.1 Å². The predicted molar refractivity (Wildman–Crippen MR) is 74.2 cm³/mol. The molecule has 0 spiro atoms. The number of hydrogen-bond donors (Lipinski definition) is 1. The number of ether oxygens (including phenoxy) is 1. The second-order valence-electron chi connectivity index (χ2n) is 4.64. The highest BCUT2D eigenvalue weighted by Gasteiger charge is 2.26. The number of hydrogen-bond acceptors (Lipinski definition) is 3. The highest BCUT2D eigenvalue weighted by atomic mass is 16.6. The van der Waals surface area contributed by atoms with Crippen molar-refractivity contribution in [3.63, 3.8) is 0 Å². The maximum Gasteiger partial charge on any atom is 0.414 e. The van der Waals surface area contributed by atoms with E-state index in [4.69, 9.17) is 4.74 Å². The highest BCUT2D eigenvalue weighted by Crippen LogP contribution is 2.29. The van der Waals surface area contributed by atoms with Gasteiger partial charge in [-0.05, 0) is 29.3 Å². The van der Waals surface area contributed by atoms with Crippen LogP contribution in [-0.2, 0) is 4.74 Å². The first kappa shape index (κ1) is 12.5. The van der Waals surface area contributed by atoms with Gasteiger partial charge in [-0.1, -0.05) is 24.3 Å². The lowest BCUT2D eigenvalue weighted by Gasteiger charge is -2.27. The molecule has 102 valence electrons. The van der Waals surface area contributed by atoms with E-state index in [9.17, 15) is 14.7 Å². The summed E-state index contributed by atoms with van der Waals surface area (Å²) < 4.78 is 4.99. The third-order valence-corrected chi connectivity index (χ3v) is 3.36. The van der Waals surface area contributed by atoms with Crippen molar-refractivity contribution in [3.05, 3.63) is 42.0 Å². The van der Waals surface area contributed by atoms with Crippen LogP contribution in [0.15, 0.2) is 36.4 Å². The van der Waals surface area contributed by atoms with Crippen molar-refractivity contribution in [3.8, 4) is 0 Å². The summed E-state index contributed by atoms with van der Waals surface area (Å²) in [5.74, 6) is -1.05. The summed E-state index contributed by atoms with van der Waals surface area (Å²) in [5, 5.41) is 11.1. The average molecular weight is 271 g/mol. The third kappa shape index (κ3) is 2.07. The van der Waals surface area contributed by atoms with Gasteiger partial charge in [-0.25, -0.2) is 9.59 Å². The smallest absolute Gasteiger partial charge is 0.414 e. The summed E-state index contributed by atoms with van der Waals surface area (Å²) in [6.07, 6.45) is 0.200. The Balaban J connectivity index is 2.18. The maximum absolute atomic E-state index is 11.8. The molecule has 3 rings (SSSR count). The van der Waals surface area contributed by atoms with Gasteiger partial charge in [-0.3, -0.25) is 4.90 Å². The fourth-order valence-corrected chi connectivity index (χ4v) is 2.39. The van der Waals surface area contributed by atoms with Gasteiger partial charge in [0.05, 0.1) is 17.9 Å². The van der Waals surface area contributed by atoms with Gasteiger partial charge < -0.3 is 9.84 Å². The molecule has 1 aliphatic heterocycles. The van der Waals surface area contributed by atoms with Crippen LogP contribution in [0.3, 0.4) is 0 Å². The van der Waals surface area contributed by atoms with Crippen molar-refractivity contribution < 1.29 is 19.4 Å². The largest absolute Gasteiger partial charge is 0.478 e. The first-order chi connectivity index (χ1) is 9.66. The van der Waals surface area contributed by atoms with E-state index in [0.29, 0.717) is 25.3 Å². The SMILES string of the molecule is O=C(O)c1cc2ccccc2cc1N1CCCOC1=O. The number of carboxylic acid groups (broad SMARTS) is 1. The Kier molecular flexibility index (Phi) is 3.02. The quantitative estimate of drug-likeness (QED) is 0.912. The van der Waals surface area contributed by atoms with Crippen molar-refractivity contribution >= 4 is 28.5 Å².